The van der Waals surface area contributed by atoms with Crippen molar-refractivity contribution in [1.82, 2.24) is 0 Å². The third kappa shape index (κ3) is 3.79. The van der Waals surface area contributed by atoms with Gasteiger partial charge in [0.05, 0.1) is 30.2 Å². The first-order valence-corrected chi connectivity index (χ1v) is 9.74. The van der Waals surface area contributed by atoms with Crippen molar-refractivity contribution in [2.24, 2.45) is 4.99 Å². The van der Waals surface area contributed by atoms with E-state index in [-0.39, 0.29) is 11.9 Å². The maximum absolute atomic E-state index is 12.8. The Balaban J connectivity index is 1.87. The highest BCUT2D eigenvalue weighted by Gasteiger charge is 2.30. The molecule has 1 atom stereocenters. The first-order valence-electron chi connectivity index (χ1n) is 9.74. The highest BCUT2D eigenvalue weighted by Crippen LogP contribution is 2.40. The molecule has 1 amide bonds. The molecule has 3 aromatic carbocycles. The third-order valence-corrected chi connectivity index (χ3v) is 5.32. The van der Waals surface area contributed by atoms with Crippen molar-refractivity contribution in [2.75, 3.05) is 12.0 Å². The summed E-state index contributed by atoms with van der Waals surface area (Å²) in [5, 5.41) is 0. The fourth-order valence-electron chi connectivity index (χ4n) is 3.81. The average Bonchev–Trinajstić information content (AvgIpc) is 2.91. The van der Waals surface area contributed by atoms with Gasteiger partial charge in [-0.2, -0.15) is 0 Å². The number of aryl methyl sites for hydroxylation is 1. The summed E-state index contributed by atoms with van der Waals surface area (Å²) in [5.74, 6) is 0.795. The van der Waals surface area contributed by atoms with Crippen molar-refractivity contribution in [1.29, 1.82) is 0 Å². The number of amides is 1. The molecule has 4 nitrogen and oxygen atoms in total. The minimum atomic E-state index is -0.151. The van der Waals surface area contributed by atoms with Crippen molar-refractivity contribution in [3.8, 4) is 5.75 Å². The molecule has 0 fully saturated rings. The lowest BCUT2D eigenvalue weighted by Gasteiger charge is -2.30. The Labute approximate surface area is 171 Å². The van der Waals surface area contributed by atoms with Crippen molar-refractivity contribution in [2.45, 2.75) is 26.3 Å². The predicted molar refractivity (Wildman–Crippen MR) is 117 cm³/mol. The van der Waals surface area contributed by atoms with Crippen LogP contribution in [0.1, 0.15) is 36.1 Å². The molecule has 4 rings (SSSR count). The number of benzene rings is 3. The molecule has 1 aliphatic heterocycles. The van der Waals surface area contributed by atoms with Gasteiger partial charge in [0.15, 0.2) is 0 Å². The molecule has 0 aromatic heterocycles. The van der Waals surface area contributed by atoms with E-state index in [9.17, 15) is 4.79 Å². The van der Waals surface area contributed by atoms with Crippen molar-refractivity contribution < 1.29 is 9.53 Å². The molecule has 1 heterocycles. The van der Waals surface area contributed by atoms with E-state index in [1.165, 1.54) is 5.56 Å². The minimum Gasteiger partial charge on any atom is -0.497 e. The van der Waals surface area contributed by atoms with Crippen molar-refractivity contribution in [3.63, 3.8) is 0 Å². The van der Waals surface area contributed by atoms with Crippen LogP contribution in [0.5, 0.6) is 5.75 Å². The zero-order chi connectivity index (χ0) is 20.4. The largest absolute Gasteiger partial charge is 0.497 e. The molecule has 0 N–H and O–H groups in total. The van der Waals surface area contributed by atoms with Gasteiger partial charge in [-0.15, -0.1) is 0 Å². The van der Waals surface area contributed by atoms with Crippen LogP contribution in [-0.2, 0) is 4.79 Å². The van der Waals surface area contributed by atoms with Crippen LogP contribution in [0.3, 0.4) is 0 Å². The Bertz CT molecular complexity index is 1050. The highest BCUT2D eigenvalue weighted by molar-refractivity contribution is 6.07. The molecule has 0 bridgehead atoms. The Morgan fingerprint density at radius 2 is 1.69 bits per heavy atom. The van der Waals surface area contributed by atoms with E-state index >= 15 is 0 Å². The van der Waals surface area contributed by atoms with Crippen LogP contribution in [0, 0.1) is 6.92 Å². The fraction of sp³-hybridized carbons (Fsp3) is 0.200. The van der Waals surface area contributed by atoms with Gasteiger partial charge >= 0.3 is 0 Å². The molecule has 146 valence electrons. The number of fused-ring (bicyclic) bond motifs is 1. The summed E-state index contributed by atoms with van der Waals surface area (Å²) in [5.41, 5.74) is 5.96. The van der Waals surface area contributed by atoms with Gasteiger partial charge in [0.2, 0.25) is 5.91 Å². The minimum absolute atomic E-state index is 0.00127. The van der Waals surface area contributed by atoms with Crippen LogP contribution in [0.15, 0.2) is 77.8 Å². The number of rotatable bonds is 3. The summed E-state index contributed by atoms with van der Waals surface area (Å²) >= 11 is 0. The smallest absolute Gasteiger partial charge is 0.224 e. The van der Waals surface area contributed by atoms with Crippen LogP contribution in [0.4, 0.5) is 11.4 Å². The van der Waals surface area contributed by atoms with Crippen LogP contribution in [0.2, 0.25) is 0 Å². The molecule has 0 saturated carbocycles. The lowest BCUT2D eigenvalue weighted by Crippen LogP contribution is -2.33. The summed E-state index contributed by atoms with van der Waals surface area (Å²) in [7, 11) is 1.65. The molecule has 1 unspecified atom stereocenters. The lowest BCUT2D eigenvalue weighted by molar-refractivity contribution is -0.117. The van der Waals surface area contributed by atoms with E-state index < -0.39 is 0 Å². The first-order chi connectivity index (χ1) is 14.1. The number of carbonyl (C=O) groups is 1. The molecule has 3 aromatic rings. The number of methoxy groups -OCH3 is 1. The summed E-state index contributed by atoms with van der Waals surface area (Å²) in [6.45, 7) is 3.69. The normalized spacial score (nSPS) is 15.9. The topological polar surface area (TPSA) is 41.9 Å². The second-order valence-electron chi connectivity index (χ2n) is 7.30. The van der Waals surface area contributed by atoms with E-state index in [0.717, 1.165) is 34.0 Å². The molecule has 4 heteroatoms. The number of carbonyl (C=O) groups excluding carboxylic acids is 1. The van der Waals surface area contributed by atoms with Gasteiger partial charge in [-0.3, -0.25) is 9.79 Å². The summed E-state index contributed by atoms with van der Waals surface area (Å²) in [6, 6.07) is 24.0. The van der Waals surface area contributed by atoms with Gasteiger partial charge in [-0.1, -0.05) is 54.1 Å². The standard InChI is InChI=1S/C25H24N2O2/c1-17-8-10-19(11-9-17)23-16-25(20-12-14-21(29-3)15-13-20)27(18(2)28)24-7-5-4-6-22(24)26-23/h4-15,25H,16H2,1-3H3. The number of aliphatic imine (C=N–C) groups is 1. The summed E-state index contributed by atoms with van der Waals surface area (Å²) < 4.78 is 5.31. The number of hydrogen-bond acceptors (Lipinski definition) is 3. The Morgan fingerprint density at radius 1 is 1.00 bits per heavy atom. The Kier molecular flexibility index (Phi) is 5.17. The highest BCUT2D eigenvalue weighted by atomic mass is 16.5. The number of para-hydroxylation sites is 2. The monoisotopic (exact) mass is 384 g/mol. The predicted octanol–water partition coefficient (Wildman–Crippen LogP) is 5.62. The van der Waals surface area contributed by atoms with Gasteiger partial charge in [-0.05, 0) is 42.3 Å². The first kappa shape index (κ1) is 18.9. The van der Waals surface area contributed by atoms with Crippen molar-refractivity contribution >= 4 is 23.0 Å². The SMILES string of the molecule is COc1ccc(C2CC(c3ccc(C)cc3)=Nc3ccccc3N2C(C)=O)cc1. The van der Waals surface area contributed by atoms with Gasteiger partial charge in [0, 0.05) is 13.3 Å². The number of hydrogen-bond donors (Lipinski definition) is 0. The van der Waals surface area contributed by atoms with Gasteiger partial charge in [-0.25, -0.2) is 0 Å². The van der Waals surface area contributed by atoms with E-state index in [4.69, 9.17) is 9.73 Å². The maximum Gasteiger partial charge on any atom is 0.224 e. The third-order valence-electron chi connectivity index (χ3n) is 5.32. The Morgan fingerprint density at radius 3 is 2.34 bits per heavy atom. The Hall–Kier alpha value is -3.40. The van der Waals surface area contributed by atoms with Gasteiger partial charge in [0.25, 0.3) is 0 Å². The fourth-order valence-corrected chi connectivity index (χ4v) is 3.81. The molecular formula is C25H24N2O2. The molecule has 1 aliphatic rings. The number of anilines is 1. The van der Waals surface area contributed by atoms with E-state index in [0.29, 0.717) is 6.42 Å². The van der Waals surface area contributed by atoms with Gasteiger partial charge < -0.3 is 9.64 Å². The lowest BCUT2D eigenvalue weighted by atomic mass is 9.95. The van der Waals surface area contributed by atoms with Crippen LogP contribution in [0.25, 0.3) is 0 Å². The van der Waals surface area contributed by atoms with Crippen molar-refractivity contribution in [3.05, 3.63) is 89.5 Å². The summed E-state index contributed by atoms with van der Waals surface area (Å²) in [4.78, 5) is 19.6. The average molecular weight is 384 g/mol. The maximum atomic E-state index is 12.8. The zero-order valence-corrected chi connectivity index (χ0v) is 16.9. The molecule has 0 aliphatic carbocycles. The molecule has 0 spiro atoms. The second kappa shape index (κ2) is 7.92. The molecule has 0 saturated heterocycles. The quantitative estimate of drug-likeness (QED) is 0.588. The van der Waals surface area contributed by atoms with E-state index in [1.807, 2.05) is 53.4 Å². The van der Waals surface area contributed by atoms with E-state index in [2.05, 4.69) is 31.2 Å². The second-order valence-corrected chi connectivity index (χ2v) is 7.30. The van der Waals surface area contributed by atoms with Gasteiger partial charge in [0.1, 0.15) is 5.75 Å². The molecule has 0 radical (unpaired) electrons. The molecule has 29 heavy (non-hydrogen) atoms. The zero-order valence-electron chi connectivity index (χ0n) is 16.9. The number of ether oxygens (including phenoxy) is 1. The summed E-state index contributed by atoms with van der Waals surface area (Å²) in [6.07, 6.45) is 0.629. The number of nitrogens with zero attached hydrogens (tertiary/aromatic N) is 2. The van der Waals surface area contributed by atoms with Crippen LogP contribution < -0.4 is 9.64 Å². The van der Waals surface area contributed by atoms with Crippen LogP contribution >= 0.6 is 0 Å². The van der Waals surface area contributed by atoms with E-state index in [1.54, 1.807) is 14.0 Å². The molecular weight excluding hydrogens is 360 g/mol. The van der Waals surface area contributed by atoms with Crippen LogP contribution in [-0.4, -0.2) is 18.7 Å².